The summed E-state index contributed by atoms with van der Waals surface area (Å²) in [6.07, 6.45) is 2.73. The smallest absolute Gasteiger partial charge is 0.255 e. The van der Waals surface area contributed by atoms with Crippen LogP contribution >= 0.6 is 0 Å². The SMILES string of the molecule is CCCNc1ncc(F)c(OC2CCOC2)n1. The first-order valence-electron chi connectivity index (χ1n) is 5.80. The van der Waals surface area contributed by atoms with Gasteiger partial charge >= 0.3 is 0 Å². The summed E-state index contributed by atoms with van der Waals surface area (Å²) in [4.78, 5) is 7.84. The van der Waals surface area contributed by atoms with Gasteiger partial charge in [-0.25, -0.2) is 4.98 Å². The number of anilines is 1. The Hall–Kier alpha value is -1.43. The van der Waals surface area contributed by atoms with E-state index < -0.39 is 5.82 Å². The van der Waals surface area contributed by atoms with Crippen LogP contribution in [0.5, 0.6) is 5.88 Å². The molecule has 5 nitrogen and oxygen atoms in total. The molecule has 6 heteroatoms. The first kappa shape index (κ1) is 12.0. The number of rotatable bonds is 5. The molecule has 0 spiro atoms. The van der Waals surface area contributed by atoms with Gasteiger partial charge in [-0.05, 0) is 6.42 Å². The van der Waals surface area contributed by atoms with E-state index in [-0.39, 0.29) is 12.0 Å². The molecule has 0 aromatic carbocycles. The molecule has 0 bridgehead atoms. The van der Waals surface area contributed by atoms with Gasteiger partial charge in [0, 0.05) is 13.0 Å². The normalized spacial score (nSPS) is 19.3. The minimum Gasteiger partial charge on any atom is -0.470 e. The average Bonchev–Trinajstić information content (AvgIpc) is 2.83. The van der Waals surface area contributed by atoms with Crippen molar-refractivity contribution in [3.05, 3.63) is 12.0 Å². The van der Waals surface area contributed by atoms with Gasteiger partial charge in [-0.2, -0.15) is 9.37 Å². The standard InChI is InChI=1S/C11H16FN3O2/c1-2-4-13-11-14-6-9(12)10(15-11)17-8-3-5-16-7-8/h6,8H,2-5,7H2,1H3,(H,13,14,15). The molecular formula is C11H16FN3O2. The van der Waals surface area contributed by atoms with Gasteiger partial charge in [0.15, 0.2) is 0 Å². The highest BCUT2D eigenvalue weighted by molar-refractivity contribution is 5.28. The lowest BCUT2D eigenvalue weighted by atomic mass is 10.3. The topological polar surface area (TPSA) is 56.3 Å². The van der Waals surface area contributed by atoms with Crippen LogP contribution in [-0.4, -0.2) is 35.8 Å². The van der Waals surface area contributed by atoms with Crippen LogP contribution in [-0.2, 0) is 4.74 Å². The summed E-state index contributed by atoms with van der Waals surface area (Å²) in [5.41, 5.74) is 0. The van der Waals surface area contributed by atoms with Crippen molar-refractivity contribution in [2.45, 2.75) is 25.9 Å². The Morgan fingerprint density at radius 1 is 1.65 bits per heavy atom. The first-order valence-corrected chi connectivity index (χ1v) is 5.80. The summed E-state index contributed by atoms with van der Waals surface area (Å²) in [6, 6.07) is 0. The Labute approximate surface area is 99.4 Å². The Bertz CT molecular complexity index is 370. The number of nitrogens with zero attached hydrogens (tertiary/aromatic N) is 2. The number of hydrogen-bond acceptors (Lipinski definition) is 5. The van der Waals surface area contributed by atoms with E-state index in [2.05, 4.69) is 15.3 Å². The van der Waals surface area contributed by atoms with E-state index in [0.29, 0.717) is 19.2 Å². The van der Waals surface area contributed by atoms with Gasteiger partial charge < -0.3 is 14.8 Å². The maximum Gasteiger partial charge on any atom is 0.255 e. The largest absolute Gasteiger partial charge is 0.470 e. The molecule has 1 aromatic rings. The van der Waals surface area contributed by atoms with Crippen LogP contribution in [0.25, 0.3) is 0 Å². The molecule has 0 amide bonds. The number of nitrogens with one attached hydrogen (secondary N) is 1. The van der Waals surface area contributed by atoms with Crippen molar-refractivity contribution in [2.75, 3.05) is 25.1 Å². The fourth-order valence-electron chi connectivity index (χ4n) is 1.52. The van der Waals surface area contributed by atoms with Crippen LogP contribution in [0, 0.1) is 5.82 Å². The third-order valence-corrected chi connectivity index (χ3v) is 2.41. The molecule has 1 aliphatic rings. The Kier molecular flexibility index (Phi) is 4.08. The van der Waals surface area contributed by atoms with E-state index in [0.717, 1.165) is 25.6 Å². The molecule has 0 aliphatic carbocycles. The van der Waals surface area contributed by atoms with Gasteiger partial charge in [0.2, 0.25) is 11.8 Å². The molecule has 0 saturated carbocycles. The molecule has 1 aromatic heterocycles. The van der Waals surface area contributed by atoms with E-state index in [1.807, 2.05) is 6.92 Å². The van der Waals surface area contributed by atoms with Crippen LogP contribution < -0.4 is 10.1 Å². The second-order valence-corrected chi connectivity index (χ2v) is 3.88. The number of halogens is 1. The van der Waals surface area contributed by atoms with E-state index in [9.17, 15) is 4.39 Å². The highest BCUT2D eigenvalue weighted by Gasteiger charge is 2.20. The fourth-order valence-corrected chi connectivity index (χ4v) is 1.52. The predicted molar refractivity (Wildman–Crippen MR) is 60.6 cm³/mol. The van der Waals surface area contributed by atoms with Gasteiger partial charge in [0.05, 0.1) is 19.4 Å². The molecule has 2 rings (SSSR count). The maximum absolute atomic E-state index is 13.4. The van der Waals surface area contributed by atoms with E-state index in [4.69, 9.17) is 9.47 Å². The maximum atomic E-state index is 13.4. The van der Waals surface area contributed by atoms with Crippen LogP contribution in [0.1, 0.15) is 19.8 Å². The molecule has 2 heterocycles. The van der Waals surface area contributed by atoms with Crippen LogP contribution in [0.3, 0.4) is 0 Å². The zero-order chi connectivity index (χ0) is 12.1. The van der Waals surface area contributed by atoms with Crippen molar-refractivity contribution >= 4 is 5.95 Å². The molecule has 1 N–H and O–H groups in total. The molecule has 1 aliphatic heterocycles. The molecule has 1 atom stereocenters. The Morgan fingerprint density at radius 2 is 2.53 bits per heavy atom. The summed E-state index contributed by atoms with van der Waals surface area (Å²) in [7, 11) is 0. The lowest BCUT2D eigenvalue weighted by Crippen LogP contribution is -2.18. The van der Waals surface area contributed by atoms with Gasteiger partial charge in [-0.3, -0.25) is 0 Å². The fraction of sp³-hybridized carbons (Fsp3) is 0.636. The quantitative estimate of drug-likeness (QED) is 0.848. The minimum absolute atomic E-state index is 0.00546. The van der Waals surface area contributed by atoms with Crippen LogP contribution in [0.2, 0.25) is 0 Å². The summed E-state index contributed by atoms with van der Waals surface area (Å²) in [5, 5.41) is 2.99. The molecule has 94 valence electrons. The summed E-state index contributed by atoms with van der Waals surface area (Å²) < 4.78 is 24.0. The summed E-state index contributed by atoms with van der Waals surface area (Å²) >= 11 is 0. The average molecular weight is 241 g/mol. The predicted octanol–water partition coefficient (Wildman–Crippen LogP) is 1.61. The van der Waals surface area contributed by atoms with Crippen LogP contribution in [0.15, 0.2) is 6.20 Å². The summed E-state index contributed by atoms with van der Waals surface area (Å²) in [6.45, 7) is 3.92. The molecule has 17 heavy (non-hydrogen) atoms. The van der Waals surface area contributed by atoms with Gasteiger partial charge in [-0.15, -0.1) is 0 Å². The molecule has 0 radical (unpaired) electrons. The highest BCUT2D eigenvalue weighted by atomic mass is 19.1. The van der Waals surface area contributed by atoms with Gasteiger partial charge in [0.1, 0.15) is 6.10 Å². The Balaban J connectivity index is 2.03. The first-order chi connectivity index (χ1) is 8.29. The number of aromatic nitrogens is 2. The monoisotopic (exact) mass is 241 g/mol. The lowest BCUT2D eigenvalue weighted by molar-refractivity contribution is 0.134. The third kappa shape index (κ3) is 3.26. The van der Waals surface area contributed by atoms with Crippen molar-refractivity contribution in [3.63, 3.8) is 0 Å². The van der Waals surface area contributed by atoms with Crippen molar-refractivity contribution in [3.8, 4) is 5.88 Å². The molecule has 1 saturated heterocycles. The summed E-state index contributed by atoms with van der Waals surface area (Å²) in [5.74, 6) is -0.157. The second-order valence-electron chi connectivity index (χ2n) is 3.88. The van der Waals surface area contributed by atoms with E-state index in [1.165, 1.54) is 0 Å². The second kappa shape index (κ2) is 5.77. The molecular weight excluding hydrogens is 225 g/mol. The van der Waals surface area contributed by atoms with E-state index in [1.54, 1.807) is 0 Å². The number of ether oxygens (including phenoxy) is 2. The van der Waals surface area contributed by atoms with Crippen molar-refractivity contribution < 1.29 is 13.9 Å². The van der Waals surface area contributed by atoms with Gasteiger partial charge in [-0.1, -0.05) is 6.92 Å². The van der Waals surface area contributed by atoms with Crippen molar-refractivity contribution in [2.24, 2.45) is 0 Å². The van der Waals surface area contributed by atoms with Crippen molar-refractivity contribution in [1.29, 1.82) is 0 Å². The molecule has 1 fully saturated rings. The minimum atomic E-state index is -0.543. The zero-order valence-electron chi connectivity index (χ0n) is 9.78. The van der Waals surface area contributed by atoms with Gasteiger partial charge in [0.25, 0.3) is 5.88 Å². The highest BCUT2D eigenvalue weighted by Crippen LogP contribution is 2.19. The zero-order valence-corrected chi connectivity index (χ0v) is 9.78. The third-order valence-electron chi connectivity index (χ3n) is 2.41. The van der Waals surface area contributed by atoms with Crippen molar-refractivity contribution in [1.82, 2.24) is 9.97 Å². The van der Waals surface area contributed by atoms with E-state index >= 15 is 0 Å². The molecule has 1 unspecified atom stereocenters. The lowest BCUT2D eigenvalue weighted by Gasteiger charge is -2.12. The Morgan fingerprint density at radius 3 is 3.24 bits per heavy atom. The van der Waals surface area contributed by atoms with Crippen LogP contribution in [0.4, 0.5) is 10.3 Å². The number of hydrogen-bond donors (Lipinski definition) is 1.